The molecule has 0 aliphatic carbocycles. The van der Waals surface area contributed by atoms with E-state index in [0.717, 1.165) is 7.11 Å². The monoisotopic (exact) mass is 883 g/mol. The van der Waals surface area contributed by atoms with Gasteiger partial charge in [0.05, 0.1) is 42.4 Å². The van der Waals surface area contributed by atoms with Crippen LogP contribution in [0.1, 0.15) is 53.4 Å². The molecular formula is C47H40F3NO13. The van der Waals surface area contributed by atoms with Crippen molar-refractivity contribution in [1.29, 1.82) is 0 Å². The third-order valence-corrected chi connectivity index (χ3v) is 9.72. The number of nitrogens with one attached hydrogen (secondary N) is 1. The number of carbonyl (C=O) groups is 6. The average molecular weight is 884 g/mol. The van der Waals surface area contributed by atoms with Crippen molar-refractivity contribution in [3.63, 3.8) is 0 Å². The molecule has 14 nitrogen and oxygen atoms in total. The Hall–Kier alpha value is -7.37. The number of ether oxygens (including phenoxy) is 7. The van der Waals surface area contributed by atoms with Gasteiger partial charge >= 0.3 is 41.9 Å². The number of anilines is 1. The molecule has 17 heteroatoms. The molecule has 6 rings (SSSR count). The molecule has 0 unspecified atom stereocenters. The summed E-state index contributed by atoms with van der Waals surface area (Å²) >= 11 is 0. The van der Waals surface area contributed by atoms with Crippen molar-refractivity contribution in [2.75, 3.05) is 25.6 Å². The van der Waals surface area contributed by atoms with Gasteiger partial charge in [-0.15, -0.1) is 0 Å². The molecule has 0 saturated carbocycles. The van der Waals surface area contributed by atoms with Crippen LogP contribution in [-0.4, -0.2) is 92.5 Å². The van der Waals surface area contributed by atoms with Crippen molar-refractivity contribution in [3.8, 4) is 0 Å². The fourth-order valence-corrected chi connectivity index (χ4v) is 6.53. The van der Waals surface area contributed by atoms with Crippen molar-refractivity contribution in [2.24, 2.45) is 0 Å². The van der Waals surface area contributed by atoms with Gasteiger partial charge in [-0.25, -0.2) is 24.0 Å². The van der Waals surface area contributed by atoms with Crippen LogP contribution >= 0.6 is 0 Å². The molecule has 1 heterocycles. The molecule has 1 N–H and O–H groups in total. The van der Waals surface area contributed by atoms with Crippen LogP contribution in [-0.2, 0) is 49.2 Å². The van der Waals surface area contributed by atoms with E-state index in [0.29, 0.717) is 5.56 Å². The SMILES string of the molecule is COC(=O)[C@]1(OCCc2ccc(NC(=O)C(F)(F)F)cc2)C[C@@H](OC(=O)c2ccccc2)[C@@H](OC(=O)c2ccccc2)[C@@H]([C@@H](COC(=O)c2ccccc2)OC(=O)c2ccccc2)O1. The van der Waals surface area contributed by atoms with Gasteiger partial charge in [0.25, 0.3) is 5.79 Å². The van der Waals surface area contributed by atoms with E-state index in [9.17, 15) is 41.9 Å². The number of methoxy groups -OCH3 is 1. The first-order valence-corrected chi connectivity index (χ1v) is 19.6. The van der Waals surface area contributed by atoms with Gasteiger partial charge < -0.3 is 38.5 Å². The Morgan fingerprint density at radius 1 is 0.672 bits per heavy atom. The maximum atomic E-state index is 14.0. The van der Waals surface area contributed by atoms with E-state index in [1.54, 1.807) is 78.1 Å². The summed E-state index contributed by atoms with van der Waals surface area (Å²) in [6.45, 7) is -1.12. The zero-order chi connectivity index (χ0) is 45.7. The van der Waals surface area contributed by atoms with E-state index in [4.69, 9.17) is 33.2 Å². The fourth-order valence-electron chi connectivity index (χ4n) is 6.53. The largest absolute Gasteiger partial charge is 0.471 e. The zero-order valence-corrected chi connectivity index (χ0v) is 33.9. The van der Waals surface area contributed by atoms with Crippen LogP contribution in [0.2, 0.25) is 0 Å². The van der Waals surface area contributed by atoms with Gasteiger partial charge in [0.15, 0.2) is 12.2 Å². The molecule has 1 aliphatic heterocycles. The summed E-state index contributed by atoms with van der Waals surface area (Å²) in [6.07, 6.45) is -12.7. The molecule has 1 fully saturated rings. The smallest absolute Gasteiger partial charge is 0.465 e. The van der Waals surface area contributed by atoms with Gasteiger partial charge in [-0.05, 0) is 72.6 Å². The maximum Gasteiger partial charge on any atom is 0.471 e. The maximum absolute atomic E-state index is 14.0. The first-order valence-electron chi connectivity index (χ1n) is 19.6. The Labute approximate surface area is 364 Å². The van der Waals surface area contributed by atoms with E-state index in [2.05, 4.69) is 0 Å². The summed E-state index contributed by atoms with van der Waals surface area (Å²) in [5.74, 6) is -9.48. The molecule has 1 saturated heterocycles. The first kappa shape index (κ1) is 46.1. The fraction of sp³-hybridized carbons (Fsp3) is 0.234. The van der Waals surface area contributed by atoms with E-state index < -0.39 is 85.2 Å². The lowest BCUT2D eigenvalue weighted by Crippen LogP contribution is -2.65. The third kappa shape index (κ3) is 12.0. The molecule has 1 amide bonds. The molecule has 5 aromatic carbocycles. The zero-order valence-electron chi connectivity index (χ0n) is 33.9. The van der Waals surface area contributed by atoms with Crippen molar-refractivity contribution in [3.05, 3.63) is 173 Å². The minimum absolute atomic E-state index is 0.0116. The molecule has 5 aromatic rings. The molecule has 0 bridgehead atoms. The van der Waals surface area contributed by atoms with E-state index in [1.165, 1.54) is 72.8 Å². The normalized spacial score (nSPS) is 18.7. The molecule has 0 spiro atoms. The molecule has 1 aliphatic rings. The Kier molecular flexibility index (Phi) is 15.2. The summed E-state index contributed by atoms with van der Waals surface area (Å²) in [4.78, 5) is 80.3. The van der Waals surface area contributed by atoms with Crippen molar-refractivity contribution in [2.45, 2.75) is 49.2 Å². The highest BCUT2D eigenvalue weighted by Crippen LogP contribution is 2.38. The van der Waals surface area contributed by atoms with Gasteiger partial charge in [-0.2, -0.15) is 13.2 Å². The van der Waals surface area contributed by atoms with Crippen LogP contribution < -0.4 is 5.32 Å². The standard InChI is InChI=1S/C47H40F3NO13/c1-58-45(57)46(60-27-26-30-22-24-35(25-23-30)51-44(56)47(48,49)50)28-36(61-41(53)32-16-8-3-9-17-32)38(63-43(55)34-20-12-5-13-21-34)39(64-46)37(62-42(54)33-18-10-4-11-19-33)29-59-40(52)31-14-6-2-7-15-31/h2-25,36-39H,26-29H2,1H3,(H,51,56)/t36-,37-,38-,39-,46+/m1/s1. The molecule has 5 atom stereocenters. The van der Waals surface area contributed by atoms with Gasteiger partial charge in [-0.3, -0.25) is 4.79 Å². The van der Waals surface area contributed by atoms with Crippen molar-refractivity contribution < 1.29 is 75.1 Å². The number of benzene rings is 5. The lowest BCUT2D eigenvalue weighted by Gasteiger charge is -2.47. The van der Waals surface area contributed by atoms with Crippen molar-refractivity contribution >= 4 is 41.4 Å². The third-order valence-electron chi connectivity index (χ3n) is 9.72. The molecular weight excluding hydrogens is 844 g/mol. The van der Waals surface area contributed by atoms with E-state index in [-0.39, 0.29) is 41.0 Å². The second-order valence-electron chi connectivity index (χ2n) is 14.1. The first-order chi connectivity index (χ1) is 30.8. The Balaban J connectivity index is 1.40. The van der Waals surface area contributed by atoms with Crippen LogP contribution in [0.4, 0.5) is 18.9 Å². The topological polar surface area (TPSA) is 179 Å². The highest BCUT2D eigenvalue weighted by atomic mass is 19.4. The summed E-state index contributed by atoms with van der Waals surface area (Å²) in [5, 5.41) is 1.75. The van der Waals surface area contributed by atoms with Crippen LogP contribution in [0.3, 0.4) is 0 Å². The summed E-state index contributed by atoms with van der Waals surface area (Å²) in [6, 6.07) is 36.3. The second-order valence-corrected chi connectivity index (χ2v) is 14.1. The highest BCUT2D eigenvalue weighted by molar-refractivity contribution is 5.95. The number of rotatable bonds is 16. The van der Waals surface area contributed by atoms with Crippen LogP contribution in [0, 0.1) is 0 Å². The van der Waals surface area contributed by atoms with Crippen LogP contribution in [0.5, 0.6) is 0 Å². The van der Waals surface area contributed by atoms with E-state index >= 15 is 0 Å². The van der Waals surface area contributed by atoms with Crippen LogP contribution in [0.15, 0.2) is 146 Å². The Morgan fingerprint density at radius 3 is 1.66 bits per heavy atom. The Bertz CT molecular complexity index is 2390. The minimum Gasteiger partial charge on any atom is -0.465 e. The summed E-state index contributed by atoms with van der Waals surface area (Å²) < 4.78 is 80.0. The number of carbonyl (C=O) groups excluding carboxylic acids is 6. The lowest BCUT2D eigenvalue weighted by molar-refractivity contribution is -0.322. The lowest BCUT2D eigenvalue weighted by atomic mass is 9.91. The number of amides is 1. The Morgan fingerprint density at radius 2 is 1.16 bits per heavy atom. The van der Waals surface area contributed by atoms with Crippen LogP contribution in [0.25, 0.3) is 0 Å². The highest BCUT2D eigenvalue weighted by Gasteiger charge is 2.59. The molecule has 332 valence electrons. The van der Waals surface area contributed by atoms with E-state index in [1.807, 2.05) is 0 Å². The number of hydrogen-bond acceptors (Lipinski definition) is 13. The van der Waals surface area contributed by atoms with Gasteiger partial charge in [0.2, 0.25) is 0 Å². The minimum atomic E-state index is -5.11. The summed E-state index contributed by atoms with van der Waals surface area (Å²) in [7, 11) is 1.03. The number of hydrogen-bond donors (Lipinski definition) is 1. The number of alkyl halides is 3. The van der Waals surface area contributed by atoms with Gasteiger partial charge in [0.1, 0.15) is 18.8 Å². The summed E-state index contributed by atoms with van der Waals surface area (Å²) in [5.41, 5.74) is 0.656. The van der Waals surface area contributed by atoms with Gasteiger partial charge in [0, 0.05) is 5.69 Å². The molecule has 0 aromatic heterocycles. The average Bonchev–Trinajstić information content (AvgIpc) is 3.31. The second kappa shape index (κ2) is 21.1. The number of halogens is 3. The predicted molar refractivity (Wildman–Crippen MR) is 219 cm³/mol. The van der Waals surface area contributed by atoms with Crippen molar-refractivity contribution in [1.82, 2.24) is 0 Å². The predicted octanol–water partition coefficient (Wildman–Crippen LogP) is 6.94. The number of esters is 5. The molecule has 64 heavy (non-hydrogen) atoms. The quantitative estimate of drug-likeness (QED) is 0.0797. The molecule has 0 radical (unpaired) electrons. The van der Waals surface area contributed by atoms with Gasteiger partial charge in [-0.1, -0.05) is 84.9 Å².